The van der Waals surface area contributed by atoms with Crippen molar-refractivity contribution in [3.63, 3.8) is 0 Å². The summed E-state index contributed by atoms with van der Waals surface area (Å²) in [7, 11) is 0.299. The molecule has 0 fully saturated rings. The molecule has 0 saturated carbocycles. The van der Waals surface area contributed by atoms with E-state index in [1.54, 1.807) is 0 Å². The first-order valence-electron chi connectivity index (χ1n) is 4.45. The molecule has 2 radical (unpaired) electrons. The third kappa shape index (κ3) is 6.79. The molecule has 0 atom stereocenters. The molecule has 0 spiro atoms. The Morgan fingerprint density at radius 1 is 1.08 bits per heavy atom. The minimum Gasteiger partial charge on any atom is -0.412 e. The zero-order chi connectivity index (χ0) is 9.23. The van der Waals surface area contributed by atoms with E-state index in [-0.39, 0.29) is 5.91 Å². The van der Waals surface area contributed by atoms with Crippen LogP contribution in [0.1, 0.15) is 27.2 Å². The van der Waals surface area contributed by atoms with Gasteiger partial charge in [0.05, 0.1) is 0 Å². The van der Waals surface area contributed by atoms with Crippen LogP contribution in [0.2, 0.25) is 0 Å². The first-order valence-corrected chi connectivity index (χ1v) is 5.44. The zero-order valence-electron chi connectivity index (χ0n) is 8.13. The Morgan fingerprint density at radius 2 is 1.67 bits per heavy atom. The Kier molecular flexibility index (Phi) is 9.26. The van der Waals surface area contributed by atoms with Crippen LogP contribution in [0.15, 0.2) is 0 Å². The largest absolute Gasteiger partial charge is 0.412 e. The lowest BCUT2D eigenvalue weighted by atomic mass is 10.5. The molecule has 0 unspecified atom stereocenters. The Morgan fingerprint density at radius 3 is 2.08 bits per heavy atom. The van der Waals surface area contributed by atoms with Crippen molar-refractivity contribution in [1.29, 1.82) is 0 Å². The Balaban J connectivity index is 3.34. The summed E-state index contributed by atoms with van der Waals surface area (Å²) in [6, 6.07) is 0. The van der Waals surface area contributed by atoms with Gasteiger partial charge in [-0.05, 0) is 20.3 Å². The van der Waals surface area contributed by atoms with Gasteiger partial charge in [0.15, 0.2) is 5.91 Å². The molecule has 0 aliphatic heterocycles. The summed E-state index contributed by atoms with van der Waals surface area (Å²) in [5, 5.41) is 0. The molecule has 3 nitrogen and oxygen atoms in total. The van der Waals surface area contributed by atoms with Gasteiger partial charge >= 0.3 is 0 Å². The lowest BCUT2D eigenvalue weighted by molar-refractivity contribution is -0.0899. The fourth-order valence-corrected chi connectivity index (χ4v) is 1.58. The van der Waals surface area contributed by atoms with Gasteiger partial charge < -0.3 is 13.9 Å². The fourth-order valence-electron chi connectivity index (χ4n) is 0.648. The second kappa shape index (κ2) is 9.19. The predicted molar refractivity (Wildman–Crippen MR) is 49.0 cm³/mol. The number of rotatable bonds is 8. The Bertz CT molecular complexity index is 84.4. The molecular weight excluding hydrogens is 172 g/mol. The van der Waals surface area contributed by atoms with Crippen LogP contribution in [0, 0.1) is 0 Å². The van der Waals surface area contributed by atoms with E-state index in [1.807, 2.05) is 13.8 Å². The molecule has 0 aromatic heterocycles. The lowest BCUT2D eigenvalue weighted by Crippen LogP contribution is -2.27. The average molecular weight is 190 g/mol. The zero-order valence-corrected chi connectivity index (χ0v) is 9.13. The molecule has 0 rings (SSSR count). The van der Waals surface area contributed by atoms with E-state index in [4.69, 9.17) is 13.9 Å². The van der Waals surface area contributed by atoms with Crippen molar-refractivity contribution >= 4 is 9.76 Å². The van der Waals surface area contributed by atoms with Crippen molar-refractivity contribution in [3.8, 4) is 0 Å². The summed E-state index contributed by atoms with van der Waals surface area (Å²) in [5.41, 5.74) is 0. The monoisotopic (exact) mass is 190 g/mol. The van der Waals surface area contributed by atoms with Gasteiger partial charge in [0, 0.05) is 19.8 Å². The minimum atomic E-state index is -0.161. The molecule has 0 aliphatic rings. The first-order chi connectivity index (χ1) is 5.85. The van der Waals surface area contributed by atoms with E-state index in [0.29, 0.717) is 23.0 Å². The Hall–Kier alpha value is 0.0969. The van der Waals surface area contributed by atoms with Crippen LogP contribution in [0.25, 0.3) is 0 Å². The second-order valence-corrected chi connectivity index (χ2v) is 3.20. The molecule has 12 heavy (non-hydrogen) atoms. The van der Waals surface area contributed by atoms with Gasteiger partial charge in [0.2, 0.25) is 0 Å². The standard InChI is InChI=1S/C8H18O3Si/c1-4-7-11-12-8(9-5-2)10-6-3/h8H,4-7H2,1-3H3. The summed E-state index contributed by atoms with van der Waals surface area (Å²) in [4.78, 5) is 0. The van der Waals surface area contributed by atoms with Gasteiger partial charge in [-0.25, -0.2) is 0 Å². The van der Waals surface area contributed by atoms with Gasteiger partial charge in [-0.2, -0.15) is 0 Å². The second-order valence-electron chi connectivity index (χ2n) is 2.21. The van der Waals surface area contributed by atoms with Crippen molar-refractivity contribution in [1.82, 2.24) is 0 Å². The maximum atomic E-state index is 5.33. The van der Waals surface area contributed by atoms with Gasteiger partial charge in [0.1, 0.15) is 0 Å². The average Bonchev–Trinajstić information content (AvgIpc) is 2.06. The van der Waals surface area contributed by atoms with Crippen molar-refractivity contribution in [2.75, 3.05) is 19.8 Å². The predicted octanol–water partition coefficient (Wildman–Crippen LogP) is 1.39. The molecule has 0 aromatic carbocycles. The van der Waals surface area contributed by atoms with Gasteiger partial charge in [0.25, 0.3) is 9.76 Å². The number of hydrogen-bond acceptors (Lipinski definition) is 3. The number of ether oxygens (including phenoxy) is 2. The van der Waals surface area contributed by atoms with E-state index in [0.717, 1.165) is 13.0 Å². The van der Waals surface area contributed by atoms with E-state index < -0.39 is 0 Å². The van der Waals surface area contributed by atoms with Crippen LogP contribution < -0.4 is 0 Å². The SMILES string of the molecule is CCCO[Si]C(OCC)OCC. The molecule has 72 valence electrons. The topological polar surface area (TPSA) is 27.7 Å². The molecule has 0 saturated heterocycles. The van der Waals surface area contributed by atoms with Crippen LogP contribution in [0.3, 0.4) is 0 Å². The molecule has 4 heteroatoms. The van der Waals surface area contributed by atoms with Gasteiger partial charge in [-0.1, -0.05) is 6.92 Å². The highest BCUT2D eigenvalue weighted by atomic mass is 28.2. The van der Waals surface area contributed by atoms with E-state index in [1.165, 1.54) is 0 Å². The highest BCUT2D eigenvalue weighted by Crippen LogP contribution is 1.94. The molecule has 0 aliphatic carbocycles. The normalized spacial score (nSPS) is 11.0. The third-order valence-electron chi connectivity index (χ3n) is 1.12. The van der Waals surface area contributed by atoms with E-state index >= 15 is 0 Å². The smallest absolute Gasteiger partial charge is 0.299 e. The maximum absolute atomic E-state index is 5.33. The van der Waals surface area contributed by atoms with Gasteiger partial charge in [-0.3, -0.25) is 0 Å². The molecular formula is C8H18O3Si. The molecule has 0 aromatic rings. The van der Waals surface area contributed by atoms with Crippen molar-refractivity contribution in [2.24, 2.45) is 0 Å². The maximum Gasteiger partial charge on any atom is 0.299 e. The summed E-state index contributed by atoms with van der Waals surface area (Å²) < 4.78 is 15.9. The van der Waals surface area contributed by atoms with Crippen molar-refractivity contribution in [2.45, 2.75) is 33.1 Å². The molecule has 0 heterocycles. The minimum absolute atomic E-state index is 0.161. The first kappa shape index (κ1) is 12.1. The van der Waals surface area contributed by atoms with Crippen LogP contribution in [0.5, 0.6) is 0 Å². The van der Waals surface area contributed by atoms with E-state index in [2.05, 4.69) is 6.92 Å². The summed E-state index contributed by atoms with van der Waals surface area (Å²) >= 11 is 0. The summed E-state index contributed by atoms with van der Waals surface area (Å²) in [6.45, 7) is 8.13. The lowest BCUT2D eigenvalue weighted by Gasteiger charge is -2.14. The van der Waals surface area contributed by atoms with Crippen LogP contribution in [-0.2, 0) is 13.9 Å². The van der Waals surface area contributed by atoms with Crippen LogP contribution in [0.4, 0.5) is 0 Å². The Labute approximate surface area is 77.3 Å². The summed E-state index contributed by atoms with van der Waals surface area (Å²) in [5.74, 6) is -0.161. The van der Waals surface area contributed by atoms with Gasteiger partial charge in [-0.15, -0.1) is 0 Å². The highest BCUT2D eigenvalue weighted by Gasteiger charge is 2.09. The van der Waals surface area contributed by atoms with Crippen molar-refractivity contribution in [3.05, 3.63) is 0 Å². The summed E-state index contributed by atoms with van der Waals surface area (Å²) in [6.07, 6.45) is 1.04. The van der Waals surface area contributed by atoms with Crippen LogP contribution >= 0.6 is 0 Å². The fraction of sp³-hybridized carbons (Fsp3) is 1.00. The molecule has 0 bridgehead atoms. The highest BCUT2D eigenvalue weighted by molar-refractivity contribution is 6.28. The third-order valence-corrected chi connectivity index (χ3v) is 2.02. The molecule has 0 amide bonds. The van der Waals surface area contributed by atoms with Crippen molar-refractivity contribution < 1.29 is 13.9 Å². The van der Waals surface area contributed by atoms with E-state index in [9.17, 15) is 0 Å². The number of hydrogen-bond donors (Lipinski definition) is 0. The van der Waals surface area contributed by atoms with Crippen LogP contribution in [-0.4, -0.2) is 35.5 Å². The molecule has 0 N–H and O–H groups in total. The quantitative estimate of drug-likeness (QED) is 0.329.